The van der Waals surface area contributed by atoms with Crippen LogP contribution in [0.15, 0.2) is 54.1 Å². The maximum atomic E-state index is 13.1. The van der Waals surface area contributed by atoms with Gasteiger partial charge in [0.1, 0.15) is 11.2 Å². The normalized spacial score (nSPS) is 14.5. The Labute approximate surface area is 179 Å². The van der Waals surface area contributed by atoms with Crippen LogP contribution in [0.1, 0.15) is 5.56 Å². The SMILES string of the molecule is O=C(/C=C\n1cnc(-c2cc(C(F)(F)F)cc(S(F)(F)(F)(F)F)c2)n1)NNc1cnccn1. The van der Waals surface area contributed by atoms with E-state index in [9.17, 15) is 37.4 Å². The molecule has 8 nitrogen and oxygen atoms in total. The van der Waals surface area contributed by atoms with Gasteiger partial charge in [-0.15, -0.1) is 5.10 Å². The molecule has 0 bridgehead atoms. The van der Waals surface area contributed by atoms with Crippen LogP contribution in [-0.4, -0.2) is 30.6 Å². The first-order chi connectivity index (χ1) is 15.0. The van der Waals surface area contributed by atoms with Crippen LogP contribution in [0, 0.1) is 0 Å². The van der Waals surface area contributed by atoms with Gasteiger partial charge in [-0.25, -0.2) is 14.6 Å². The zero-order valence-corrected chi connectivity index (χ0v) is 16.6. The minimum Gasteiger partial charge on any atom is -0.280 e. The molecule has 3 rings (SSSR count). The Bertz CT molecular complexity index is 1210. The molecule has 0 aliphatic heterocycles. The van der Waals surface area contributed by atoms with Gasteiger partial charge in [0.2, 0.25) is 0 Å². The number of carbonyl (C=O) groups is 1. The van der Waals surface area contributed by atoms with Crippen molar-refractivity contribution in [2.24, 2.45) is 0 Å². The number of benzene rings is 1. The first kappa shape index (κ1) is 23.9. The number of hydrogen-bond acceptors (Lipinski definition) is 6. The van der Waals surface area contributed by atoms with E-state index in [1.165, 1.54) is 18.6 Å². The summed E-state index contributed by atoms with van der Waals surface area (Å²) >= 11 is 0. The van der Waals surface area contributed by atoms with Crippen LogP contribution in [0.5, 0.6) is 0 Å². The second kappa shape index (κ2) is 7.39. The molecule has 33 heavy (non-hydrogen) atoms. The summed E-state index contributed by atoms with van der Waals surface area (Å²) in [4.78, 5) is 20.1. The predicted molar refractivity (Wildman–Crippen MR) is 101 cm³/mol. The van der Waals surface area contributed by atoms with E-state index in [0.717, 1.165) is 23.3 Å². The maximum Gasteiger partial charge on any atom is 0.416 e. The zero-order chi connectivity index (χ0) is 24.6. The Kier molecular flexibility index (Phi) is 5.35. The molecule has 3 aromatic rings. The molecule has 17 heteroatoms. The third kappa shape index (κ3) is 6.37. The minimum atomic E-state index is -10.4. The molecule has 1 aromatic carbocycles. The Hall–Kier alpha value is -3.76. The predicted octanol–water partition coefficient (Wildman–Crippen LogP) is 5.03. The first-order valence-corrected chi connectivity index (χ1v) is 10.3. The summed E-state index contributed by atoms with van der Waals surface area (Å²) in [7, 11) is -10.4. The zero-order valence-electron chi connectivity index (χ0n) is 15.8. The highest BCUT2D eigenvalue weighted by Gasteiger charge is 2.66. The summed E-state index contributed by atoms with van der Waals surface area (Å²) < 4.78 is 105. The van der Waals surface area contributed by atoms with Crippen molar-refractivity contribution in [1.82, 2.24) is 30.2 Å². The van der Waals surface area contributed by atoms with Crippen LogP contribution >= 0.6 is 10.2 Å². The first-order valence-electron chi connectivity index (χ1n) is 8.39. The van der Waals surface area contributed by atoms with Gasteiger partial charge in [-0.2, -0.15) is 13.2 Å². The Morgan fingerprint density at radius 1 is 1.03 bits per heavy atom. The molecule has 0 fully saturated rings. The number of hydrazine groups is 1. The van der Waals surface area contributed by atoms with Gasteiger partial charge in [-0.05, 0) is 18.2 Å². The van der Waals surface area contributed by atoms with Crippen molar-refractivity contribution in [3.63, 3.8) is 0 Å². The minimum absolute atomic E-state index is 0.169. The number of rotatable bonds is 6. The Morgan fingerprint density at radius 3 is 2.36 bits per heavy atom. The number of nitrogens with one attached hydrogen (secondary N) is 2. The Balaban J connectivity index is 1.84. The van der Waals surface area contributed by atoms with Gasteiger partial charge in [-0.1, -0.05) is 19.4 Å². The molecule has 2 heterocycles. The fourth-order valence-electron chi connectivity index (χ4n) is 2.27. The lowest BCUT2D eigenvalue weighted by atomic mass is 10.1. The smallest absolute Gasteiger partial charge is 0.280 e. The molecule has 178 valence electrons. The number of nitrogens with zero attached hydrogens (tertiary/aromatic N) is 5. The lowest BCUT2D eigenvalue weighted by molar-refractivity contribution is -0.137. The molecular formula is C16H11F8N7OS. The van der Waals surface area contributed by atoms with E-state index < -0.39 is 50.2 Å². The number of amides is 1. The average Bonchev–Trinajstić information content (AvgIpc) is 3.18. The van der Waals surface area contributed by atoms with Crippen molar-refractivity contribution in [3.8, 4) is 11.4 Å². The third-order valence-corrected chi connectivity index (χ3v) is 4.83. The number of carbonyl (C=O) groups excluding carboxylic acids is 1. The van der Waals surface area contributed by atoms with Crippen molar-refractivity contribution in [1.29, 1.82) is 0 Å². The molecule has 0 aliphatic rings. The van der Waals surface area contributed by atoms with Crippen molar-refractivity contribution in [2.45, 2.75) is 11.1 Å². The summed E-state index contributed by atoms with van der Waals surface area (Å²) in [5.41, 5.74) is 1.70. The highest BCUT2D eigenvalue weighted by atomic mass is 32.5. The molecule has 2 aromatic heterocycles. The molecular weight excluding hydrogens is 490 g/mol. The highest BCUT2D eigenvalue weighted by Crippen LogP contribution is 3.02. The molecule has 0 unspecified atom stereocenters. The largest absolute Gasteiger partial charge is 0.416 e. The van der Waals surface area contributed by atoms with Crippen molar-refractivity contribution in [3.05, 3.63) is 54.8 Å². The fraction of sp³-hybridized carbons (Fsp3) is 0.0625. The molecule has 0 aliphatic carbocycles. The third-order valence-electron chi connectivity index (χ3n) is 3.70. The van der Waals surface area contributed by atoms with Crippen LogP contribution in [0.3, 0.4) is 0 Å². The van der Waals surface area contributed by atoms with Crippen LogP contribution in [-0.2, 0) is 11.0 Å². The van der Waals surface area contributed by atoms with Crippen molar-refractivity contribution < 1.29 is 37.4 Å². The van der Waals surface area contributed by atoms with Crippen molar-refractivity contribution in [2.75, 3.05) is 5.43 Å². The molecule has 0 atom stereocenters. The van der Waals surface area contributed by atoms with Crippen LogP contribution in [0.25, 0.3) is 17.6 Å². The maximum absolute atomic E-state index is 13.1. The second-order valence-corrected chi connectivity index (χ2v) is 8.69. The van der Waals surface area contributed by atoms with E-state index in [1.807, 2.05) is 0 Å². The lowest BCUT2D eigenvalue weighted by Gasteiger charge is -2.40. The van der Waals surface area contributed by atoms with Gasteiger partial charge in [0, 0.05) is 30.2 Å². The summed E-state index contributed by atoms with van der Waals surface area (Å²) in [5.74, 6) is -1.27. The van der Waals surface area contributed by atoms with Gasteiger partial charge in [0.15, 0.2) is 11.6 Å². The monoisotopic (exact) mass is 501 g/mol. The summed E-state index contributed by atoms with van der Waals surface area (Å²) in [6.07, 6.45) is 1.37. The van der Waals surface area contributed by atoms with Crippen molar-refractivity contribution >= 4 is 28.1 Å². The number of aromatic nitrogens is 5. The Morgan fingerprint density at radius 2 is 1.76 bits per heavy atom. The molecule has 0 spiro atoms. The standard InChI is InChI=1S/C16H11F8N7OS/c17-16(18,19)11-5-10(6-12(7-11)33(20,21,22,23)24)15-27-9-31(30-15)4-1-14(32)29-28-13-8-25-2-3-26-13/h1-9H,(H,26,28)(H,29,32)/b4-1-. The quantitative estimate of drug-likeness (QED) is 0.280. The van der Waals surface area contributed by atoms with Gasteiger partial charge < -0.3 is 0 Å². The molecule has 0 radical (unpaired) electrons. The van der Waals surface area contributed by atoms with E-state index in [0.29, 0.717) is 0 Å². The average molecular weight is 501 g/mol. The molecule has 0 saturated heterocycles. The summed E-state index contributed by atoms with van der Waals surface area (Å²) in [6, 6.07) is -0.637. The van der Waals surface area contributed by atoms with E-state index in [1.54, 1.807) is 0 Å². The van der Waals surface area contributed by atoms with Gasteiger partial charge in [-0.3, -0.25) is 20.6 Å². The van der Waals surface area contributed by atoms with E-state index in [-0.39, 0.29) is 18.0 Å². The van der Waals surface area contributed by atoms with Crippen LogP contribution in [0.2, 0.25) is 0 Å². The lowest BCUT2D eigenvalue weighted by Crippen LogP contribution is -2.28. The fourth-order valence-corrected chi connectivity index (χ4v) is 2.97. The number of anilines is 1. The number of halogens is 8. The van der Waals surface area contributed by atoms with Crippen LogP contribution in [0.4, 0.5) is 38.4 Å². The summed E-state index contributed by atoms with van der Waals surface area (Å²) in [5, 5.41) is 3.59. The van der Waals surface area contributed by atoms with Gasteiger partial charge in [0.05, 0.1) is 11.8 Å². The van der Waals surface area contributed by atoms with E-state index >= 15 is 0 Å². The van der Waals surface area contributed by atoms with Gasteiger partial charge >= 0.3 is 16.4 Å². The molecule has 0 saturated carbocycles. The van der Waals surface area contributed by atoms with Gasteiger partial charge in [0.25, 0.3) is 5.91 Å². The highest BCUT2D eigenvalue weighted by molar-refractivity contribution is 8.45. The van der Waals surface area contributed by atoms with Crippen LogP contribution < -0.4 is 10.9 Å². The topological polar surface area (TPSA) is 97.6 Å². The van der Waals surface area contributed by atoms with E-state index in [4.69, 9.17) is 0 Å². The second-order valence-electron chi connectivity index (χ2n) is 6.28. The number of hydrogen-bond donors (Lipinski definition) is 2. The number of alkyl halides is 3. The molecule has 1 amide bonds. The molecule has 2 N–H and O–H groups in total. The summed E-state index contributed by atoms with van der Waals surface area (Å²) in [6.45, 7) is 0. The van der Waals surface area contributed by atoms with E-state index in [2.05, 4.69) is 30.9 Å².